The minimum atomic E-state index is -0.723. The summed E-state index contributed by atoms with van der Waals surface area (Å²) in [5.74, 6) is -1.43. The molecule has 0 atom stereocenters. The molecule has 0 aromatic heterocycles. The molecule has 8 heteroatoms. The van der Waals surface area contributed by atoms with Crippen LogP contribution in [-0.2, 0) is 19.1 Å². The second-order valence-electron chi connectivity index (χ2n) is 6.66. The Bertz CT molecular complexity index is 1190. The predicted octanol–water partition coefficient (Wildman–Crippen LogP) is 4.12. The van der Waals surface area contributed by atoms with Gasteiger partial charge in [0.15, 0.2) is 5.57 Å². The first kappa shape index (κ1) is 20.9. The fourth-order valence-electron chi connectivity index (χ4n) is 3.66. The molecule has 0 saturated heterocycles. The van der Waals surface area contributed by atoms with Gasteiger partial charge in [-0.15, -0.1) is 0 Å². The number of rotatable bonds is 3. The van der Waals surface area contributed by atoms with Gasteiger partial charge in [0.25, 0.3) is 0 Å². The highest BCUT2D eigenvalue weighted by Gasteiger charge is 2.40. The molecule has 2 aromatic carbocycles. The highest BCUT2D eigenvalue weighted by atomic mass is 35.5. The van der Waals surface area contributed by atoms with E-state index in [4.69, 9.17) is 32.7 Å². The second-order valence-corrected chi connectivity index (χ2v) is 7.53. The lowest BCUT2D eigenvalue weighted by atomic mass is 9.94. The quantitative estimate of drug-likeness (QED) is 0.365. The van der Waals surface area contributed by atoms with Gasteiger partial charge in [-0.25, -0.2) is 9.59 Å². The van der Waals surface area contributed by atoms with Crippen LogP contribution in [-0.4, -0.2) is 36.6 Å². The molecule has 0 saturated carbocycles. The van der Waals surface area contributed by atoms with E-state index in [1.165, 1.54) is 18.9 Å². The van der Waals surface area contributed by atoms with Crippen LogP contribution >= 0.6 is 23.2 Å². The molecule has 0 fully saturated rings. The molecule has 156 valence electrons. The number of hydrogen-bond donors (Lipinski definition) is 1. The Morgan fingerprint density at radius 2 is 1.42 bits per heavy atom. The average molecular weight is 456 g/mol. The Labute approximate surface area is 188 Å². The van der Waals surface area contributed by atoms with Gasteiger partial charge in [-0.3, -0.25) is 0 Å². The summed E-state index contributed by atoms with van der Waals surface area (Å²) in [7, 11) is 2.50. The van der Waals surface area contributed by atoms with Crippen LogP contribution in [0.5, 0.6) is 0 Å². The zero-order valence-corrected chi connectivity index (χ0v) is 18.1. The van der Waals surface area contributed by atoms with Crippen LogP contribution in [0.15, 0.2) is 66.5 Å². The molecule has 0 amide bonds. The standard InChI is InChI=1S/C23H16Cl2N2O4/c1-30-22(28)20(21(23(29)31-2)27-10-4-3-9-26-27)19-17-11-13(24)5-7-15(17)16-8-6-14(25)12-18(16)19/h3-12H,1-2H3/p+1. The SMILES string of the molecule is COC(=O)C(=C1c2cc(Cl)ccc2-c2ccc(Cl)cc21)C(C(=O)OC)=[N+]1C=CC=CN1. The van der Waals surface area contributed by atoms with Crippen molar-refractivity contribution in [1.82, 2.24) is 5.43 Å². The fourth-order valence-corrected chi connectivity index (χ4v) is 4.01. The first-order valence-corrected chi connectivity index (χ1v) is 9.99. The van der Waals surface area contributed by atoms with Crippen LogP contribution in [0.2, 0.25) is 10.0 Å². The molecule has 4 rings (SSSR count). The van der Waals surface area contributed by atoms with Gasteiger partial charge in [0.05, 0.1) is 20.4 Å². The lowest BCUT2D eigenvalue weighted by molar-refractivity contribution is -0.510. The molecule has 0 unspecified atom stereocenters. The van der Waals surface area contributed by atoms with E-state index >= 15 is 0 Å². The number of fused-ring (bicyclic) bond motifs is 3. The van der Waals surface area contributed by atoms with Gasteiger partial charge < -0.3 is 9.47 Å². The van der Waals surface area contributed by atoms with Crippen LogP contribution < -0.4 is 5.43 Å². The molecule has 1 aliphatic heterocycles. The Kier molecular flexibility index (Phi) is 5.67. The predicted molar refractivity (Wildman–Crippen MR) is 119 cm³/mol. The van der Waals surface area contributed by atoms with Crippen LogP contribution in [0.4, 0.5) is 0 Å². The number of nitrogens with zero attached hydrogens (tertiary/aromatic N) is 1. The summed E-state index contributed by atoms with van der Waals surface area (Å²) in [6.07, 6.45) is 6.68. The largest absolute Gasteiger partial charge is 0.465 e. The van der Waals surface area contributed by atoms with E-state index in [0.29, 0.717) is 26.7 Å². The van der Waals surface area contributed by atoms with E-state index in [9.17, 15) is 9.59 Å². The van der Waals surface area contributed by atoms with Crippen LogP contribution in [0.1, 0.15) is 11.1 Å². The number of hydrogen-bond acceptors (Lipinski definition) is 5. The summed E-state index contributed by atoms with van der Waals surface area (Å²) < 4.78 is 11.5. The van der Waals surface area contributed by atoms with Crippen LogP contribution in [0.25, 0.3) is 16.7 Å². The number of hydrazone groups is 1. The average Bonchev–Trinajstić information content (AvgIpc) is 3.09. The number of hydrazine groups is 1. The van der Waals surface area contributed by atoms with Gasteiger partial charge in [-0.2, -0.15) is 5.43 Å². The highest BCUT2D eigenvalue weighted by Crippen LogP contribution is 2.47. The maximum Gasteiger partial charge on any atom is 0.407 e. The Morgan fingerprint density at radius 1 is 0.839 bits per heavy atom. The zero-order valence-electron chi connectivity index (χ0n) is 16.6. The first-order chi connectivity index (χ1) is 15.0. The van der Waals surface area contributed by atoms with E-state index in [-0.39, 0.29) is 11.3 Å². The highest BCUT2D eigenvalue weighted by molar-refractivity contribution is 6.50. The van der Waals surface area contributed by atoms with Crippen molar-refractivity contribution >= 4 is 46.4 Å². The van der Waals surface area contributed by atoms with E-state index in [0.717, 1.165) is 11.1 Å². The summed E-state index contributed by atoms with van der Waals surface area (Å²) in [4.78, 5) is 26.0. The lowest BCUT2D eigenvalue weighted by Crippen LogP contribution is -2.37. The number of esters is 2. The summed E-state index contributed by atoms with van der Waals surface area (Å²) in [5.41, 5.74) is 6.47. The number of methoxy groups -OCH3 is 2. The van der Waals surface area contributed by atoms with Gasteiger partial charge in [0.2, 0.25) is 6.20 Å². The third-order valence-electron chi connectivity index (χ3n) is 4.94. The first-order valence-electron chi connectivity index (χ1n) is 9.23. The lowest BCUT2D eigenvalue weighted by Gasteiger charge is -2.13. The molecule has 2 aromatic rings. The van der Waals surface area contributed by atoms with E-state index in [2.05, 4.69) is 5.43 Å². The molecule has 1 heterocycles. The number of ether oxygens (including phenoxy) is 2. The minimum Gasteiger partial charge on any atom is -0.465 e. The van der Waals surface area contributed by atoms with Crippen molar-refractivity contribution in [3.05, 3.63) is 87.7 Å². The van der Waals surface area contributed by atoms with Gasteiger partial charge in [-0.05, 0) is 52.6 Å². The minimum absolute atomic E-state index is 0.0198. The molecule has 1 N–H and O–H groups in total. The molecule has 2 aliphatic rings. The van der Waals surface area contributed by atoms with E-state index < -0.39 is 11.9 Å². The molecule has 6 nitrogen and oxygen atoms in total. The molecule has 31 heavy (non-hydrogen) atoms. The van der Waals surface area contributed by atoms with Crippen molar-refractivity contribution < 1.29 is 23.7 Å². The number of allylic oxidation sites excluding steroid dienone is 2. The third-order valence-corrected chi connectivity index (χ3v) is 5.41. The zero-order chi connectivity index (χ0) is 22.1. The molecule has 1 aliphatic carbocycles. The van der Waals surface area contributed by atoms with Crippen molar-refractivity contribution in [2.24, 2.45) is 0 Å². The molecule has 0 spiro atoms. The Balaban J connectivity index is 2.16. The third kappa shape index (κ3) is 3.65. The molecular weight excluding hydrogens is 439 g/mol. The number of carbonyl (C=O) groups excluding carboxylic acids is 2. The van der Waals surface area contributed by atoms with Gasteiger partial charge in [0, 0.05) is 21.7 Å². The summed E-state index contributed by atoms with van der Waals surface area (Å²) >= 11 is 12.6. The molecule has 0 radical (unpaired) electrons. The van der Waals surface area contributed by atoms with Gasteiger partial charge in [-0.1, -0.05) is 40.0 Å². The van der Waals surface area contributed by atoms with E-state index in [1.54, 1.807) is 48.8 Å². The topological polar surface area (TPSA) is 67.6 Å². The number of carbonyl (C=O) groups is 2. The van der Waals surface area contributed by atoms with Crippen molar-refractivity contribution in [2.45, 2.75) is 0 Å². The summed E-state index contributed by atoms with van der Waals surface area (Å²) in [5, 5.41) is 0.968. The smallest absolute Gasteiger partial charge is 0.407 e. The van der Waals surface area contributed by atoms with Crippen molar-refractivity contribution in [3.8, 4) is 11.1 Å². The molecular formula is C23H17Cl2N2O4+. The van der Waals surface area contributed by atoms with Crippen LogP contribution in [0.3, 0.4) is 0 Å². The number of nitrogens with one attached hydrogen (secondary N) is 1. The fraction of sp³-hybridized carbons (Fsp3) is 0.0870. The number of benzene rings is 2. The number of halogens is 2. The normalized spacial score (nSPS) is 15.0. The Morgan fingerprint density at radius 3 is 1.90 bits per heavy atom. The molecule has 0 bridgehead atoms. The van der Waals surface area contributed by atoms with Crippen LogP contribution in [0, 0.1) is 0 Å². The van der Waals surface area contributed by atoms with Gasteiger partial charge in [0.1, 0.15) is 0 Å². The maximum absolute atomic E-state index is 13.1. The summed E-state index contributed by atoms with van der Waals surface area (Å²) in [6.45, 7) is 0. The monoisotopic (exact) mass is 455 g/mol. The Hall–Kier alpha value is -3.35. The second kappa shape index (κ2) is 8.41. The van der Waals surface area contributed by atoms with Crippen molar-refractivity contribution in [3.63, 3.8) is 0 Å². The summed E-state index contributed by atoms with van der Waals surface area (Å²) in [6, 6.07) is 10.8. The van der Waals surface area contributed by atoms with E-state index in [1.807, 2.05) is 12.1 Å². The van der Waals surface area contributed by atoms with Crippen molar-refractivity contribution in [1.29, 1.82) is 0 Å². The van der Waals surface area contributed by atoms with Crippen molar-refractivity contribution in [2.75, 3.05) is 14.2 Å². The van der Waals surface area contributed by atoms with Gasteiger partial charge >= 0.3 is 17.7 Å². The maximum atomic E-state index is 13.1.